The average molecular weight is 299 g/mol. The third-order valence-corrected chi connectivity index (χ3v) is 2.71. The molecule has 1 aromatic heterocycles. The zero-order valence-electron chi connectivity index (χ0n) is 8.36. The second kappa shape index (κ2) is 5.32. The smallest absolute Gasteiger partial charge is 0.220 e. The van der Waals surface area contributed by atoms with Gasteiger partial charge in [-0.1, -0.05) is 18.2 Å². The van der Waals surface area contributed by atoms with Crippen LogP contribution in [0.1, 0.15) is 5.56 Å². The van der Waals surface area contributed by atoms with Crippen molar-refractivity contribution in [1.29, 1.82) is 0 Å². The lowest BCUT2D eigenvalue weighted by Crippen LogP contribution is -1.88. The highest BCUT2D eigenvalue weighted by atomic mass is 79.9. The highest BCUT2D eigenvalue weighted by Crippen LogP contribution is 2.22. The van der Waals surface area contributed by atoms with Gasteiger partial charge in [-0.15, -0.1) is 11.6 Å². The van der Waals surface area contributed by atoms with Crippen LogP contribution in [0.15, 0.2) is 47.1 Å². The molecule has 0 bridgehead atoms. The first-order chi connectivity index (χ1) is 7.78. The Balaban J connectivity index is 2.20. The Bertz CT molecular complexity index is 490. The third-order valence-electron chi connectivity index (χ3n) is 1.96. The molecule has 0 spiro atoms. The second-order valence-corrected chi connectivity index (χ2v) is 4.26. The van der Waals surface area contributed by atoms with Gasteiger partial charge in [-0.05, 0) is 39.7 Å². The summed E-state index contributed by atoms with van der Waals surface area (Å²) in [7, 11) is 0. The fourth-order valence-corrected chi connectivity index (χ4v) is 1.75. The van der Waals surface area contributed by atoms with E-state index in [0.717, 1.165) is 15.9 Å². The summed E-state index contributed by atoms with van der Waals surface area (Å²) in [4.78, 5) is 4.19. The van der Waals surface area contributed by atoms with Crippen LogP contribution in [0.3, 0.4) is 0 Å². The maximum absolute atomic E-state index is 5.75. The summed E-state index contributed by atoms with van der Waals surface area (Å²) in [5, 5.41) is 0. The molecule has 0 saturated heterocycles. The third kappa shape index (κ3) is 2.97. The Labute approximate surface area is 107 Å². The molecule has 0 aliphatic carbocycles. The molecule has 0 aliphatic rings. The first-order valence-corrected chi connectivity index (χ1v) is 6.06. The molecular formula is C12H9BrClNO. The highest BCUT2D eigenvalue weighted by Gasteiger charge is 2.00. The molecular weight excluding hydrogens is 289 g/mol. The van der Waals surface area contributed by atoms with E-state index in [2.05, 4.69) is 20.9 Å². The van der Waals surface area contributed by atoms with Gasteiger partial charge in [0, 0.05) is 11.9 Å². The molecule has 4 heteroatoms. The predicted octanol–water partition coefficient (Wildman–Crippen LogP) is 4.38. The molecule has 0 N–H and O–H groups in total. The van der Waals surface area contributed by atoms with Crippen LogP contribution in [-0.4, -0.2) is 4.98 Å². The van der Waals surface area contributed by atoms with Gasteiger partial charge in [0.15, 0.2) is 0 Å². The molecule has 0 aliphatic heterocycles. The maximum Gasteiger partial charge on any atom is 0.220 e. The molecule has 16 heavy (non-hydrogen) atoms. The first kappa shape index (κ1) is 11.4. The van der Waals surface area contributed by atoms with Crippen LogP contribution < -0.4 is 4.74 Å². The van der Waals surface area contributed by atoms with Crippen molar-refractivity contribution in [3.63, 3.8) is 0 Å². The molecule has 0 radical (unpaired) electrons. The van der Waals surface area contributed by atoms with E-state index in [0.29, 0.717) is 11.8 Å². The number of hydrogen-bond acceptors (Lipinski definition) is 2. The monoisotopic (exact) mass is 297 g/mol. The second-order valence-electron chi connectivity index (χ2n) is 3.18. The Hall–Kier alpha value is -1.06. The summed E-state index contributed by atoms with van der Waals surface area (Å²) < 4.78 is 6.35. The lowest BCUT2D eigenvalue weighted by Gasteiger charge is -2.05. The van der Waals surface area contributed by atoms with Crippen molar-refractivity contribution in [2.24, 2.45) is 0 Å². The summed E-state index contributed by atoms with van der Waals surface area (Å²) in [5.74, 6) is 1.77. The summed E-state index contributed by atoms with van der Waals surface area (Å²) in [6.45, 7) is 0. The average Bonchev–Trinajstić information content (AvgIpc) is 2.29. The van der Waals surface area contributed by atoms with Gasteiger partial charge in [0.05, 0.1) is 0 Å². The van der Waals surface area contributed by atoms with Gasteiger partial charge < -0.3 is 4.74 Å². The largest absolute Gasteiger partial charge is 0.439 e. The van der Waals surface area contributed by atoms with Gasteiger partial charge in [0.2, 0.25) is 5.88 Å². The van der Waals surface area contributed by atoms with Crippen LogP contribution in [0.4, 0.5) is 0 Å². The van der Waals surface area contributed by atoms with E-state index in [9.17, 15) is 0 Å². The zero-order valence-corrected chi connectivity index (χ0v) is 10.7. The summed E-state index contributed by atoms with van der Waals surface area (Å²) in [5.41, 5.74) is 1.02. The first-order valence-electron chi connectivity index (χ1n) is 4.73. The molecule has 2 aromatic rings. The fraction of sp³-hybridized carbons (Fsp3) is 0.0833. The van der Waals surface area contributed by atoms with Crippen molar-refractivity contribution in [2.45, 2.75) is 5.88 Å². The van der Waals surface area contributed by atoms with Gasteiger partial charge in [-0.25, -0.2) is 4.98 Å². The highest BCUT2D eigenvalue weighted by molar-refractivity contribution is 9.10. The van der Waals surface area contributed by atoms with Crippen LogP contribution in [0.5, 0.6) is 11.6 Å². The molecule has 0 saturated carbocycles. The summed E-state index contributed by atoms with van der Waals surface area (Å²) in [6.07, 6.45) is 0. The Morgan fingerprint density at radius 3 is 2.75 bits per heavy atom. The normalized spacial score (nSPS) is 10.1. The molecule has 82 valence electrons. The Kier molecular flexibility index (Phi) is 3.80. The van der Waals surface area contributed by atoms with Crippen molar-refractivity contribution < 1.29 is 4.74 Å². The van der Waals surface area contributed by atoms with Crippen LogP contribution in [-0.2, 0) is 5.88 Å². The van der Waals surface area contributed by atoms with E-state index in [1.165, 1.54) is 0 Å². The number of nitrogens with zero attached hydrogens (tertiary/aromatic N) is 1. The van der Waals surface area contributed by atoms with Gasteiger partial charge in [0.1, 0.15) is 10.4 Å². The van der Waals surface area contributed by atoms with Gasteiger partial charge in [-0.2, -0.15) is 0 Å². The predicted molar refractivity (Wildman–Crippen MR) is 68.0 cm³/mol. The van der Waals surface area contributed by atoms with E-state index in [1.807, 2.05) is 36.4 Å². The van der Waals surface area contributed by atoms with Crippen molar-refractivity contribution in [3.05, 3.63) is 52.6 Å². The standard InChI is InChI=1S/C12H9BrClNO/c13-11-5-2-6-12(15-11)16-10-4-1-3-9(7-10)8-14/h1-7H,8H2. The number of halogens is 2. The fourth-order valence-electron chi connectivity index (χ4n) is 1.26. The van der Waals surface area contributed by atoms with E-state index in [4.69, 9.17) is 16.3 Å². The van der Waals surface area contributed by atoms with E-state index in [1.54, 1.807) is 6.07 Å². The minimum atomic E-state index is 0.475. The lowest BCUT2D eigenvalue weighted by molar-refractivity contribution is 0.461. The van der Waals surface area contributed by atoms with Crippen LogP contribution >= 0.6 is 27.5 Å². The van der Waals surface area contributed by atoms with Gasteiger partial charge >= 0.3 is 0 Å². The molecule has 1 heterocycles. The van der Waals surface area contributed by atoms with Crippen molar-refractivity contribution >= 4 is 27.5 Å². The van der Waals surface area contributed by atoms with E-state index in [-0.39, 0.29) is 0 Å². The molecule has 0 unspecified atom stereocenters. The summed E-state index contributed by atoms with van der Waals surface area (Å²) >= 11 is 9.04. The van der Waals surface area contributed by atoms with Crippen LogP contribution in [0, 0.1) is 0 Å². The Morgan fingerprint density at radius 1 is 1.19 bits per heavy atom. The lowest BCUT2D eigenvalue weighted by atomic mass is 10.2. The molecule has 0 atom stereocenters. The van der Waals surface area contributed by atoms with Gasteiger partial charge in [0.25, 0.3) is 0 Å². The Morgan fingerprint density at radius 2 is 2.00 bits per heavy atom. The number of rotatable bonds is 3. The van der Waals surface area contributed by atoms with E-state index < -0.39 is 0 Å². The number of ether oxygens (including phenoxy) is 1. The van der Waals surface area contributed by atoms with Crippen molar-refractivity contribution in [1.82, 2.24) is 4.98 Å². The summed E-state index contributed by atoms with van der Waals surface area (Å²) in [6, 6.07) is 13.2. The number of alkyl halides is 1. The number of pyridine rings is 1. The number of aromatic nitrogens is 1. The minimum Gasteiger partial charge on any atom is -0.439 e. The molecule has 2 rings (SSSR count). The van der Waals surface area contributed by atoms with Gasteiger partial charge in [-0.3, -0.25) is 0 Å². The topological polar surface area (TPSA) is 22.1 Å². The maximum atomic E-state index is 5.75. The van der Waals surface area contributed by atoms with Crippen LogP contribution in [0.25, 0.3) is 0 Å². The van der Waals surface area contributed by atoms with E-state index >= 15 is 0 Å². The molecule has 2 nitrogen and oxygen atoms in total. The molecule has 0 fully saturated rings. The molecule has 1 aromatic carbocycles. The van der Waals surface area contributed by atoms with Crippen molar-refractivity contribution in [2.75, 3.05) is 0 Å². The number of benzene rings is 1. The molecule has 0 amide bonds. The van der Waals surface area contributed by atoms with Crippen molar-refractivity contribution in [3.8, 4) is 11.6 Å². The SMILES string of the molecule is ClCc1cccc(Oc2cccc(Br)n2)c1. The van der Waals surface area contributed by atoms with Crippen LogP contribution in [0.2, 0.25) is 0 Å². The minimum absolute atomic E-state index is 0.475. The number of hydrogen-bond donors (Lipinski definition) is 0. The zero-order chi connectivity index (χ0) is 11.4. The quantitative estimate of drug-likeness (QED) is 0.620.